The summed E-state index contributed by atoms with van der Waals surface area (Å²) in [6.07, 6.45) is 0. The zero-order valence-corrected chi connectivity index (χ0v) is 10.7. The van der Waals surface area contributed by atoms with Gasteiger partial charge >= 0.3 is 6.03 Å². The van der Waals surface area contributed by atoms with E-state index in [4.69, 9.17) is 10.5 Å². The first-order chi connectivity index (χ1) is 8.06. The van der Waals surface area contributed by atoms with Crippen LogP contribution in [0.5, 0.6) is 0 Å². The van der Waals surface area contributed by atoms with Crippen LogP contribution in [0.25, 0.3) is 0 Å². The highest BCUT2D eigenvalue weighted by Crippen LogP contribution is 1.98. The van der Waals surface area contributed by atoms with Crippen molar-refractivity contribution in [2.75, 3.05) is 40.4 Å². The molecule has 0 radical (unpaired) electrons. The summed E-state index contributed by atoms with van der Waals surface area (Å²) in [6, 6.07) is -0.938. The van der Waals surface area contributed by atoms with E-state index in [0.29, 0.717) is 26.2 Å². The van der Waals surface area contributed by atoms with Gasteiger partial charge < -0.3 is 15.8 Å². The standard InChI is InChI=1S/C10H22N4O3/c1-8(9(15)13-10(16)12-2)14(5-4-11)6-7-17-3/h8H,4-7,11H2,1-3H3,(H2,12,13,15,16). The highest BCUT2D eigenvalue weighted by molar-refractivity contribution is 5.96. The van der Waals surface area contributed by atoms with E-state index in [1.807, 2.05) is 4.90 Å². The Hall–Kier alpha value is -1.18. The maximum atomic E-state index is 11.7. The lowest BCUT2D eigenvalue weighted by Crippen LogP contribution is -2.50. The van der Waals surface area contributed by atoms with Crippen molar-refractivity contribution in [2.45, 2.75) is 13.0 Å². The molecule has 4 N–H and O–H groups in total. The zero-order chi connectivity index (χ0) is 13.3. The van der Waals surface area contributed by atoms with Crippen LogP contribution in [-0.2, 0) is 9.53 Å². The van der Waals surface area contributed by atoms with E-state index in [-0.39, 0.29) is 5.91 Å². The van der Waals surface area contributed by atoms with Gasteiger partial charge in [0.15, 0.2) is 0 Å². The van der Waals surface area contributed by atoms with Crippen LogP contribution in [0.4, 0.5) is 4.79 Å². The third-order valence-electron chi connectivity index (χ3n) is 2.39. The van der Waals surface area contributed by atoms with Gasteiger partial charge in [-0.1, -0.05) is 0 Å². The Balaban J connectivity index is 4.31. The molecule has 0 saturated heterocycles. The van der Waals surface area contributed by atoms with Gasteiger partial charge in [-0.05, 0) is 6.92 Å². The average molecular weight is 246 g/mol. The van der Waals surface area contributed by atoms with Crippen LogP contribution in [0.1, 0.15) is 6.92 Å². The highest BCUT2D eigenvalue weighted by Gasteiger charge is 2.21. The predicted octanol–water partition coefficient (Wildman–Crippen LogP) is -1.26. The van der Waals surface area contributed by atoms with Gasteiger partial charge in [-0.3, -0.25) is 15.0 Å². The van der Waals surface area contributed by atoms with Crippen molar-refractivity contribution in [1.29, 1.82) is 0 Å². The van der Waals surface area contributed by atoms with Crippen LogP contribution < -0.4 is 16.4 Å². The minimum atomic E-state index is -0.513. The van der Waals surface area contributed by atoms with Crippen molar-refractivity contribution in [3.8, 4) is 0 Å². The smallest absolute Gasteiger partial charge is 0.321 e. The summed E-state index contributed by atoms with van der Waals surface area (Å²) in [7, 11) is 3.05. The summed E-state index contributed by atoms with van der Waals surface area (Å²) in [6.45, 7) is 3.85. The van der Waals surface area contributed by atoms with Gasteiger partial charge in [0.2, 0.25) is 5.91 Å². The molecule has 0 rings (SSSR count). The van der Waals surface area contributed by atoms with E-state index < -0.39 is 12.1 Å². The topological polar surface area (TPSA) is 96.7 Å². The van der Waals surface area contributed by atoms with Gasteiger partial charge in [-0.25, -0.2) is 4.79 Å². The molecule has 0 aromatic rings. The number of imide groups is 1. The molecule has 3 amide bonds. The van der Waals surface area contributed by atoms with E-state index in [1.165, 1.54) is 7.05 Å². The number of hydrogen-bond acceptors (Lipinski definition) is 5. The van der Waals surface area contributed by atoms with Gasteiger partial charge in [0.25, 0.3) is 0 Å². The Morgan fingerprint density at radius 1 is 1.41 bits per heavy atom. The number of rotatable bonds is 7. The van der Waals surface area contributed by atoms with Crippen molar-refractivity contribution in [1.82, 2.24) is 15.5 Å². The Bertz CT molecular complexity index is 248. The van der Waals surface area contributed by atoms with Gasteiger partial charge in [-0.15, -0.1) is 0 Å². The number of urea groups is 1. The lowest BCUT2D eigenvalue weighted by atomic mass is 10.2. The van der Waals surface area contributed by atoms with E-state index in [9.17, 15) is 9.59 Å². The molecule has 1 atom stereocenters. The van der Waals surface area contributed by atoms with E-state index in [0.717, 1.165) is 0 Å². The molecule has 0 aromatic carbocycles. The number of ether oxygens (including phenoxy) is 1. The van der Waals surface area contributed by atoms with Gasteiger partial charge in [-0.2, -0.15) is 0 Å². The molecule has 0 bridgehead atoms. The molecule has 1 unspecified atom stereocenters. The van der Waals surface area contributed by atoms with Crippen molar-refractivity contribution >= 4 is 11.9 Å². The first kappa shape index (κ1) is 15.8. The second-order valence-electron chi connectivity index (χ2n) is 3.56. The second-order valence-corrected chi connectivity index (χ2v) is 3.56. The Morgan fingerprint density at radius 2 is 2.06 bits per heavy atom. The number of methoxy groups -OCH3 is 1. The molecule has 0 aliphatic carbocycles. The molecular weight excluding hydrogens is 224 g/mol. The summed E-state index contributed by atoms with van der Waals surface area (Å²) in [4.78, 5) is 24.6. The number of amides is 3. The van der Waals surface area contributed by atoms with Crippen LogP contribution in [0, 0.1) is 0 Å². The fraction of sp³-hybridized carbons (Fsp3) is 0.800. The van der Waals surface area contributed by atoms with E-state index in [2.05, 4.69) is 10.6 Å². The molecule has 0 spiro atoms. The van der Waals surface area contributed by atoms with Crippen molar-refractivity contribution in [3.05, 3.63) is 0 Å². The van der Waals surface area contributed by atoms with Crippen molar-refractivity contribution < 1.29 is 14.3 Å². The normalized spacial score (nSPS) is 12.3. The Morgan fingerprint density at radius 3 is 2.53 bits per heavy atom. The molecule has 7 nitrogen and oxygen atoms in total. The van der Waals surface area contributed by atoms with Gasteiger partial charge in [0.05, 0.1) is 12.6 Å². The molecule has 17 heavy (non-hydrogen) atoms. The summed E-state index contributed by atoms with van der Waals surface area (Å²) in [5, 5.41) is 4.56. The number of carbonyl (C=O) groups is 2. The highest BCUT2D eigenvalue weighted by atomic mass is 16.5. The molecule has 0 heterocycles. The zero-order valence-electron chi connectivity index (χ0n) is 10.7. The molecule has 7 heteroatoms. The van der Waals surface area contributed by atoms with Crippen molar-refractivity contribution in [2.24, 2.45) is 5.73 Å². The first-order valence-corrected chi connectivity index (χ1v) is 5.52. The molecule has 0 saturated carbocycles. The Kier molecular flexibility index (Phi) is 8.29. The fourth-order valence-corrected chi connectivity index (χ4v) is 1.32. The largest absolute Gasteiger partial charge is 0.383 e. The van der Waals surface area contributed by atoms with Crippen LogP contribution in [0.15, 0.2) is 0 Å². The minimum absolute atomic E-state index is 0.353. The third kappa shape index (κ3) is 6.20. The fourth-order valence-electron chi connectivity index (χ4n) is 1.32. The van der Waals surface area contributed by atoms with Gasteiger partial charge in [0, 0.05) is 33.8 Å². The maximum Gasteiger partial charge on any atom is 0.321 e. The number of carbonyl (C=O) groups excluding carboxylic acids is 2. The number of nitrogens with two attached hydrogens (primary N) is 1. The predicted molar refractivity (Wildman–Crippen MR) is 64.6 cm³/mol. The van der Waals surface area contributed by atoms with Crippen LogP contribution in [0.3, 0.4) is 0 Å². The summed E-state index contributed by atoms with van der Waals surface area (Å²) in [5.74, 6) is -0.353. The summed E-state index contributed by atoms with van der Waals surface area (Å²) in [5.41, 5.74) is 5.47. The van der Waals surface area contributed by atoms with Crippen molar-refractivity contribution in [3.63, 3.8) is 0 Å². The molecule has 0 aromatic heterocycles. The molecule has 0 aliphatic rings. The number of hydrogen-bond donors (Lipinski definition) is 3. The molecule has 100 valence electrons. The lowest BCUT2D eigenvalue weighted by molar-refractivity contribution is -0.124. The van der Waals surface area contributed by atoms with Crippen LogP contribution in [-0.4, -0.2) is 63.3 Å². The molecule has 0 fully saturated rings. The lowest BCUT2D eigenvalue weighted by Gasteiger charge is -2.27. The molecular formula is C10H22N4O3. The summed E-state index contributed by atoms with van der Waals surface area (Å²) < 4.78 is 4.96. The Labute approximate surface area is 102 Å². The maximum absolute atomic E-state index is 11.7. The van der Waals surface area contributed by atoms with Gasteiger partial charge in [0.1, 0.15) is 0 Å². The van der Waals surface area contributed by atoms with E-state index >= 15 is 0 Å². The third-order valence-corrected chi connectivity index (χ3v) is 2.39. The molecule has 0 aliphatic heterocycles. The van der Waals surface area contributed by atoms with Crippen LogP contribution in [0.2, 0.25) is 0 Å². The SMILES string of the molecule is CNC(=O)NC(=O)C(C)N(CCN)CCOC. The second kappa shape index (κ2) is 8.91. The summed E-state index contributed by atoms with van der Waals surface area (Å²) >= 11 is 0. The monoisotopic (exact) mass is 246 g/mol. The minimum Gasteiger partial charge on any atom is -0.383 e. The quantitative estimate of drug-likeness (QED) is 0.521. The van der Waals surface area contributed by atoms with Crippen LogP contribution >= 0.6 is 0 Å². The first-order valence-electron chi connectivity index (χ1n) is 5.52. The number of nitrogens with zero attached hydrogens (tertiary/aromatic N) is 1. The van der Waals surface area contributed by atoms with E-state index in [1.54, 1.807) is 14.0 Å². The average Bonchev–Trinajstić information content (AvgIpc) is 2.33. The number of nitrogens with one attached hydrogen (secondary N) is 2.